The maximum Gasteiger partial charge on any atom is 0.245 e. The topological polar surface area (TPSA) is 80.1 Å². The largest absolute Gasteiger partial charge is 0.352 e. The number of carbonyl (C=O) groups excluding carboxylic acids is 2. The molecular weight excluding hydrogens is 386 g/mol. The van der Waals surface area contributed by atoms with Crippen molar-refractivity contribution >= 4 is 34.2 Å². The molecule has 0 bridgehead atoms. The molecule has 8 heteroatoms. The second kappa shape index (κ2) is 9.17. The molecule has 0 atom stereocenters. The minimum atomic E-state index is -0.146. The lowest BCUT2D eigenvalue weighted by Crippen LogP contribution is -2.45. The first-order valence-electron chi connectivity index (χ1n) is 10.1. The van der Waals surface area contributed by atoms with E-state index >= 15 is 0 Å². The van der Waals surface area contributed by atoms with Gasteiger partial charge in [0.2, 0.25) is 11.8 Å². The molecule has 1 fully saturated rings. The van der Waals surface area contributed by atoms with Crippen LogP contribution in [0.4, 0.5) is 0 Å². The predicted molar refractivity (Wildman–Crippen MR) is 112 cm³/mol. The molecule has 0 saturated heterocycles. The average molecular weight is 412 g/mol. The molecule has 3 aromatic rings. The van der Waals surface area contributed by atoms with Crippen molar-refractivity contribution in [3.63, 3.8) is 0 Å². The number of rotatable bonds is 7. The van der Waals surface area contributed by atoms with Gasteiger partial charge in [0.1, 0.15) is 12.1 Å². The van der Waals surface area contributed by atoms with Crippen LogP contribution in [-0.4, -0.2) is 44.3 Å². The minimum absolute atomic E-state index is 0.0554. The molecule has 4 rings (SSSR count). The number of aromatic nitrogens is 3. The van der Waals surface area contributed by atoms with E-state index in [9.17, 15) is 9.59 Å². The standard InChI is InChI=1S/C21H25N5O2S/c27-20(22-16-7-2-1-3-8-16)14-25(13-17-9-6-12-29-17)21(28)15-26-19-11-5-4-10-18(19)23-24-26/h4-6,9-12,16H,1-3,7-8,13-15H2,(H,22,27). The van der Waals surface area contributed by atoms with Crippen LogP contribution in [0.25, 0.3) is 11.0 Å². The summed E-state index contributed by atoms with van der Waals surface area (Å²) in [5, 5.41) is 13.3. The van der Waals surface area contributed by atoms with Gasteiger partial charge in [-0.15, -0.1) is 16.4 Å². The smallest absolute Gasteiger partial charge is 0.245 e. The first kappa shape index (κ1) is 19.6. The third kappa shape index (κ3) is 5.00. The predicted octanol–water partition coefficient (Wildman–Crippen LogP) is 2.97. The number of hydrogen-bond acceptors (Lipinski definition) is 5. The Kier molecular flexibility index (Phi) is 6.19. The number of nitrogens with zero attached hydrogens (tertiary/aromatic N) is 4. The fourth-order valence-corrected chi connectivity index (χ4v) is 4.50. The minimum Gasteiger partial charge on any atom is -0.352 e. The van der Waals surface area contributed by atoms with Crippen molar-refractivity contribution in [2.24, 2.45) is 0 Å². The third-order valence-electron chi connectivity index (χ3n) is 5.29. The summed E-state index contributed by atoms with van der Waals surface area (Å²) in [7, 11) is 0. The summed E-state index contributed by atoms with van der Waals surface area (Å²) >= 11 is 1.58. The molecule has 2 heterocycles. The maximum atomic E-state index is 13.1. The molecule has 0 aliphatic heterocycles. The van der Waals surface area contributed by atoms with Crippen molar-refractivity contribution in [3.05, 3.63) is 46.7 Å². The SMILES string of the molecule is O=C(CN(Cc1cccs1)C(=O)Cn1nnc2ccccc21)NC1CCCCC1. The van der Waals surface area contributed by atoms with E-state index in [0.29, 0.717) is 6.54 Å². The van der Waals surface area contributed by atoms with E-state index in [-0.39, 0.29) is 30.9 Å². The van der Waals surface area contributed by atoms with Crippen LogP contribution in [0, 0.1) is 0 Å². The lowest BCUT2D eigenvalue weighted by molar-refractivity contribution is -0.137. The first-order valence-corrected chi connectivity index (χ1v) is 10.9. The molecule has 29 heavy (non-hydrogen) atoms. The number of nitrogens with one attached hydrogen (secondary N) is 1. The van der Waals surface area contributed by atoms with Gasteiger partial charge in [-0.2, -0.15) is 0 Å². The van der Waals surface area contributed by atoms with Crippen LogP contribution in [0.5, 0.6) is 0 Å². The van der Waals surface area contributed by atoms with Crippen molar-refractivity contribution in [2.75, 3.05) is 6.54 Å². The van der Waals surface area contributed by atoms with Gasteiger partial charge in [0.15, 0.2) is 0 Å². The van der Waals surface area contributed by atoms with E-state index in [0.717, 1.165) is 41.6 Å². The van der Waals surface area contributed by atoms with Crippen molar-refractivity contribution in [2.45, 2.75) is 51.2 Å². The highest BCUT2D eigenvalue weighted by Gasteiger charge is 2.22. The molecule has 1 saturated carbocycles. The number of para-hydroxylation sites is 1. The summed E-state index contributed by atoms with van der Waals surface area (Å²) in [6, 6.07) is 11.7. The van der Waals surface area contributed by atoms with Crippen LogP contribution >= 0.6 is 11.3 Å². The van der Waals surface area contributed by atoms with Gasteiger partial charge in [-0.3, -0.25) is 9.59 Å². The molecule has 7 nitrogen and oxygen atoms in total. The Morgan fingerprint density at radius 2 is 1.97 bits per heavy atom. The molecule has 1 aliphatic carbocycles. The van der Waals surface area contributed by atoms with Crippen LogP contribution in [-0.2, 0) is 22.7 Å². The first-order chi connectivity index (χ1) is 14.2. The zero-order valence-corrected chi connectivity index (χ0v) is 17.1. The van der Waals surface area contributed by atoms with Crippen LogP contribution in [0.2, 0.25) is 0 Å². The molecule has 1 aromatic carbocycles. The van der Waals surface area contributed by atoms with Crippen molar-refractivity contribution in [1.82, 2.24) is 25.2 Å². The van der Waals surface area contributed by atoms with Gasteiger partial charge < -0.3 is 10.2 Å². The Balaban J connectivity index is 1.45. The van der Waals surface area contributed by atoms with Crippen LogP contribution in [0.1, 0.15) is 37.0 Å². The van der Waals surface area contributed by atoms with Gasteiger partial charge in [-0.05, 0) is 36.4 Å². The second-order valence-corrected chi connectivity index (χ2v) is 8.50. The lowest BCUT2D eigenvalue weighted by atomic mass is 9.95. The Bertz CT molecular complexity index is 963. The molecule has 0 spiro atoms. The number of fused-ring (bicyclic) bond motifs is 1. The second-order valence-electron chi connectivity index (χ2n) is 7.47. The Morgan fingerprint density at radius 3 is 2.76 bits per heavy atom. The van der Waals surface area contributed by atoms with Crippen molar-refractivity contribution in [3.8, 4) is 0 Å². The summed E-state index contributed by atoms with van der Waals surface area (Å²) in [6.07, 6.45) is 5.59. The number of thiophene rings is 1. The highest BCUT2D eigenvalue weighted by atomic mass is 32.1. The zero-order valence-electron chi connectivity index (χ0n) is 16.3. The number of hydrogen-bond donors (Lipinski definition) is 1. The maximum absolute atomic E-state index is 13.1. The highest BCUT2D eigenvalue weighted by Crippen LogP contribution is 2.18. The van der Waals surface area contributed by atoms with Crippen LogP contribution in [0.3, 0.4) is 0 Å². The van der Waals surface area contributed by atoms with Crippen molar-refractivity contribution < 1.29 is 9.59 Å². The third-order valence-corrected chi connectivity index (χ3v) is 6.15. The van der Waals surface area contributed by atoms with E-state index in [2.05, 4.69) is 15.6 Å². The summed E-state index contributed by atoms with van der Waals surface area (Å²) < 4.78 is 1.60. The lowest BCUT2D eigenvalue weighted by Gasteiger charge is -2.26. The molecule has 1 N–H and O–H groups in total. The average Bonchev–Trinajstić information content (AvgIpc) is 3.38. The molecule has 2 aromatic heterocycles. The van der Waals surface area contributed by atoms with Crippen LogP contribution < -0.4 is 5.32 Å². The quantitative estimate of drug-likeness (QED) is 0.648. The zero-order chi connectivity index (χ0) is 20.1. The van der Waals surface area contributed by atoms with Crippen LogP contribution in [0.15, 0.2) is 41.8 Å². The molecule has 0 unspecified atom stereocenters. The molecular formula is C21H25N5O2S. The van der Waals surface area contributed by atoms with Crippen molar-refractivity contribution in [1.29, 1.82) is 0 Å². The summed E-state index contributed by atoms with van der Waals surface area (Å²) in [4.78, 5) is 28.4. The monoisotopic (exact) mass is 411 g/mol. The fraction of sp³-hybridized carbons (Fsp3) is 0.429. The molecule has 152 valence electrons. The van der Waals surface area contributed by atoms with Gasteiger partial charge in [-0.1, -0.05) is 42.7 Å². The molecule has 2 amide bonds. The van der Waals surface area contributed by atoms with E-state index in [1.165, 1.54) is 6.42 Å². The summed E-state index contributed by atoms with van der Waals surface area (Å²) in [5.41, 5.74) is 1.56. The molecule has 0 radical (unpaired) electrons. The normalized spacial score (nSPS) is 14.8. The fourth-order valence-electron chi connectivity index (χ4n) is 3.78. The Morgan fingerprint density at radius 1 is 1.14 bits per heavy atom. The van der Waals surface area contributed by atoms with Gasteiger partial charge in [0.05, 0.1) is 18.6 Å². The van der Waals surface area contributed by atoms with E-state index in [1.54, 1.807) is 20.9 Å². The summed E-state index contributed by atoms with van der Waals surface area (Å²) in [6.45, 7) is 0.531. The number of amides is 2. The van der Waals surface area contributed by atoms with Gasteiger partial charge in [0, 0.05) is 10.9 Å². The highest BCUT2D eigenvalue weighted by molar-refractivity contribution is 7.09. The molecule has 1 aliphatic rings. The number of benzene rings is 1. The van der Waals surface area contributed by atoms with E-state index in [4.69, 9.17) is 0 Å². The number of carbonyl (C=O) groups is 2. The van der Waals surface area contributed by atoms with E-state index < -0.39 is 0 Å². The van der Waals surface area contributed by atoms with Gasteiger partial charge >= 0.3 is 0 Å². The van der Waals surface area contributed by atoms with E-state index in [1.807, 2.05) is 41.8 Å². The van der Waals surface area contributed by atoms with Gasteiger partial charge in [0.25, 0.3) is 0 Å². The Labute approximate surface area is 173 Å². The van der Waals surface area contributed by atoms with Gasteiger partial charge in [-0.25, -0.2) is 4.68 Å². The Hall–Kier alpha value is -2.74. The summed E-state index contributed by atoms with van der Waals surface area (Å²) in [5.74, 6) is -0.238.